The van der Waals surface area contributed by atoms with Crippen LogP contribution in [0.25, 0.3) is 0 Å². The van der Waals surface area contributed by atoms with E-state index in [1.807, 2.05) is 6.07 Å². The lowest BCUT2D eigenvalue weighted by Gasteiger charge is -2.20. The molecule has 0 bridgehead atoms. The van der Waals surface area contributed by atoms with Crippen molar-refractivity contribution < 1.29 is 8.42 Å². The Kier molecular flexibility index (Phi) is 4.27. The van der Waals surface area contributed by atoms with Gasteiger partial charge in [0.1, 0.15) is 4.90 Å². The van der Waals surface area contributed by atoms with E-state index in [1.54, 1.807) is 24.3 Å². The van der Waals surface area contributed by atoms with E-state index in [-0.39, 0.29) is 15.6 Å². The lowest BCUT2D eigenvalue weighted by molar-refractivity contribution is 0.594. The summed E-state index contributed by atoms with van der Waals surface area (Å²) in [6, 6.07) is 11.6. The van der Waals surface area contributed by atoms with E-state index in [0.717, 1.165) is 0 Å². The SMILES string of the molecule is CN(c1ccccc1)S(=O)(=O)c1cc(Cl)cc(N)c1Br. The summed E-state index contributed by atoms with van der Waals surface area (Å²) in [5.41, 5.74) is 6.57. The van der Waals surface area contributed by atoms with Gasteiger partial charge in [0.15, 0.2) is 0 Å². The lowest BCUT2D eigenvalue weighted by Crippen LogP contribution is -2.27. The minimum absolute atomic E-state index is 0.0360. The molecule has 0 saturated carbocycles. The van der Waals surface area contributed by atoms with Crippen LogP contribution in [0, 0.1) is 0 Å². The maximum atomic E-state index is 12.6. The van der Waals surface area contributed by atoms with Gasteiger partial charge in [0, 0.05) is 17.8 Å². The standard InChI is InChI=1S/C13H12BrClN2O2S/c1-17(10-5-3-2-4-6-10)20(18,19)12-8-9(15)7-11(16)13(12)14/h2-8H,16H2,1H3. The maximum Gasteiger partial charge on any atom is 0.265 e. The summed E-state index contributed by atoms with van der Waals surface area (Å²) in [5, 5.41) is 0.269. The van der Waals surface area contributed by atoms with Gasteiger partial charge in [0.25, 0.3) is 10.0 Å². The normalized spacial score (nSPS) is 11.3. The number of hydrogen-bond donors (Lipinski definition) is 1. The van der Waals surface area contributed by atoms with Crippen molar-refractivity contribution in [3.63, 3.8) is 0 Å². The molecular weight excluding hydrogens is 364 g/mol. The number of anilines is 2. The zero-order valence-electron chi connectivity index (χ0n) is 10.5. The highest BCUT2D eigenvalue weighted by atomic mass is 79.9. The van der Waals surface area contributed by atoms with Crippen molar-refractivity contribution in [1.29, 1.82) is 0 Å². The smallest absolute Gasteiger partial charge is 0.265 e. The molecule has 0 radical (unpaired) electrons. The zero-order chi connectivity index (χ0) is 14.9. The van der Waals surface area contributed by atoms with E-state index >= 15 is 0 Å². The van der Waals surface area contributed by atoms with Crippen molar-refractivity contribution in [3.05, 3.63) is 52.0 Å². The summed E-state index contributed by atoms with van der Waals surface area (Å²) in [4.78, 5) is 0.0360. The first-order valence-corrected chi connectivity index (χ1v) is 8.23. The third-order valence-electron chi connectivity index (χ3n) is 2.79. The average Bonchev–Trinajstić information content (AvgIpc) is 2.42. The molecule has 2 rings (SSSR count). The van der Waals surface area contributed by atoms with Crippen molar-refractivity contribution in [2.75, 3.05) is 17.1 Å². The van der Waals surface area contributed by atoms with Crippen molar-refractivity contribution in [2.24, 2.45) is 0 Å². The molecule has 4 nitrogen and oxygen atoms in total. The Morgan fingerprint density at radius 2 is 1.80 bits per heavy atom. The van der Waals surface area contributed by atoms with Gasteiger partial charge in [0.2, 0.25) is 0 Å². The van der Waals surface area contributed by atoms with Crippen LogP contribution in [-0.2, 0) is 10.0 Å². The highest BCUT2D eigenvalue weighted by Crippen LogP contribution is 2.34. The minimum Gasteiger partial charge on any atom is -0.398 e. The van der Waals surface area contributed by atoms with Crippen molar-refractivity contribution in [3.8, 4) is 0 Å². The molecule has 0 aromatic heterocycles. The number of nitrogen functional groups attached to an aromatic ring is 1. The number of benzene rings is 2. The molecule has 106 valence electrons. The predicted molar refractivity (Wildman–Crippen MR) is 85.6 cm³/mol. The van der Waals surface area contributed by atoms with Crippen LogP contribution in [0.5, 0.6) is 0 Å². The third kappa shape index (κ3) is 2.77. The Bertz CT molecular complexity index is 736. The first kappa shape index (κ1) is 15.2. The molecule has 0 fully saturated rings. The van der Waals surface area contributed by atoms with Gasteiger partial charge < -0.3 is 5.73 Å². The van der Waals surface area contributed by atoms with Gasteiger partial charge in [-0.2, -0.15) is 0 Å². The van der Waals surface area contributed by atoms with Crippen LogP contribution in [0.3, 0.4) is 0 Å². The summed E-state index contributed by atoms with van der Waals surface area (Å²) in [6.45, 7) is 0. The summed E-state index contributed by atoms with van der Waals surface area (Å²) < 4.78 is 26.8. The third-order valence-corrected chi connectivity index (χ3v) is 5.97. The quantitative estimate of drug-likeness (QED) is 0.835. The van der Waals surface area contributed by atoms with Crippen LogP contribution in [0.2, 0.25) is 5.02 Å². The number of rotatable bonds is 3. The number of para-hydroxylation sites is 1. The van der Waals surface area contributed by atoms with Crippen LogP contribution < -0.4 is 10.0 Å². The van der Waals surface area contributed by atoms with Gasteiger partial charge in [0.05, 0.1) is 10.2 Å². The summed E-state index contributed by atoms with van der Waals surface area (Å²) in [6.07, 6.45) is 0. The van der Waals surface area contributed by atoms with Gasteiger partial charge >= 0.3 is 0 Å². The van der Waals surface area contributed by atoms with Crippen LogP contribution in [0.15, 0.2) is 51.8 Å². The highest BCUT2D eigenvalue weighted by Gasteiger charge is 2.25. The van der Waals surface area contributed by atoms with E-state index in [1.165, 1.54) is 23.5 Å². The van der Waals surface area contributed by atoms with Crippen LogP contribution in [0.4, 0.5) is 11.4 Å². The molecule has 0 heterocycles. The molecule has 2 N–H and O–H groups in total. The van der Waals surface area contributed by atoms with Crippen LogP contribution in [-0.4, -0.2) is 15.5 Å². The summed E-state index contributed by atoms with van der Waals surface area (Å²) in [5.74, 6) is 0. The molecular formula is C13H12BrClN2O2S. The molecule has 20 heavy (non-hydrogen) atoms. The monoisotopic (exact) mass is 374 g/mol. The molecule has 0 amide bonds. The van der Waals surface area contributed by atoms with Gasteiger partial charge in [-0.1, -0.05) is 29.8 Å². The second-order valence-corrected chi connectivity index (χ2v) is 7.28. The van der Waals surface area contributed by atoms with E-state index in [9.17, 15) is 8.42 Å². The van der Waals surface area contributed by atoms with Gasteiger partial charge in [-0.3, -0.25) is 4.31 Å². The van der Waals surface area contributed by atoms with Crippen molar-refractivity contribution >= 4 is 48.9 Å². The Morgan fingerprint density at radius 3 is 2.40 bits per heavy atom. The Balaban J connectivity index is 2.57. The molecule has 0 unspecified atom stereocenters. The van der Waals surface area contributed by atoms with E-state index < -0.39 is 10.0 Å². The number of sulfonamides is 1. The fraction of sp³-hybridized carbons (Fsp3) is 0.0769. The Morgan fingerprint density at radius 1 is 1.20 bits per heavy atom. The van der Waals surface area contributed by atoms with E-state index in [4.69, 9.17) is 17.3 Å². The fourth-order valence-corrected chi connectivity index (χ4v) is 4.14. The molecule has 0 saturated heterocycles. The van der Waals surface area contributed by atoms with Gasteiger partial charge in [-0.05, 0) is 40.2 Å². The topological polar surface area (TPSA) is 63.4 Å². The zero-order valence-corrected chi connectivity index (χ0v) is 13.7. The van der Waals surface area contributed by atoms with E-state index in [0.29, 0.717) is 10.2 Å². The van der Waals surface area contributed by atoms with Crippen LogP contribution in [0.1, 0.15) is 0 Å². The Labute approximate surface area is 131 Å². The summed E-state index contributed by atoms with van der Waals surface area (Å²) >= 11 is 9.10. The Hall–Kier alpha value is -1.24. The van der Waals surface area contributed by atoms with Crippen molar-refractivity contribution in [2.45, 2.75) is 4.90 Å². The number of nitrogens with two attached hydrogens (primary N) is 1. The van der Waals surface area contributed by atoms with E-state index in [2.05, 4.69) is 15.9 Å². The van der Waals surface area contributed by atoms with Crippen LogP contribution >= 0.6 is 27.5 Å². The average molecular weight is 376 g/mol. The molecule has 2 aromatic rings. The molecule has 2 aromatic carbocycles. The largest absolute Gasteiger partial charge is 0.398 e. The molecule has 0 aliphatic carbocycles. The predicted octanol–water partition coefficient (Wildman–Crippen LogP) is 3.51. The van der Waals surface area contributed by atoms with Gasteiger partial charge in [-0.25, -0.2) is 8.42 Å². The van der Waals surface area contributed by atoms with Crippen molar-refractivity contribution in [1.82, 2.24) is 0 Å². The first-order valence-electron chi connectivity index (χ1n) is 5.62. The fourth-order valence-electron chi connectivity index (χ4n) is 1.70. The molecule has 0 spiro atoms. The molecule has 7 heteroatoms. The second kappa shape index (κ2) is 5.63. The minimum atomic E-state index is -3.75. The maximum absolute atomic E-state index is 12.6. The first-order chi connectivity index (χ1) is 9.34. The number of halogens is 2. The molecule has 0 atom stereocenters. The number of hydrogen-bond acceptors (Lipinski definition) is 3. The number of nitrogens with zero attached hydrogens (tertiary/aromatic N) is 1. The summed E-state index contributed by atoms with van der Waals surface area (Å²) in [7, 11) is -2.27. The second-order valence-electron chi connectivity index (χ2n) is 4.12. The van der Waals surface area contributed by atoms with Gasteiger partial charge in [-0.15, -0.1) is 0 Å². The lowest BCUT2D eigenvalue weighted by atomic mass is 10.3. The molecule has 0 aliphatic heterocycles. The molecule has 0 aliphatic rings. The highest BCUT2D eigenvalue weighted by molar-refractivity contribution is 9.10.